The summed E-state index contributed by atoms with van der Waals surface area (Å²) in [5, 5.41) is 3.20. The van der Waals surface area contributed by atoms with Crippen molar-refractivity contribution < 1.29 is 27.5 Å². The molecular formula is C29H27F3N4O3. The van der Waals surface area contributed by atoms with Crippen LogP contribution >= 0.6 is 0 Å². The number of halogens is 3. The second kappa shape index (κ2) is 11.3. The van der Waals surface area contributed by atoms with Gasteiger partial charge in [0.25, 0.3) is 0 Å². The molecule has 0 atom stereocenters. The fourth-order valence-electron chi connectivity index (χ4n) is 4.68. The Morgan fingerprint density at radius 2 is 1.77 bits per heavy atom. The minimum absolute atomic E-state index is 0.0287. The van der Waals surface area contributed by atoms with E-state index in [0.717, 1.165) is 38.2 Å². The van der Waals surface area contributed by atoms with Crippen LogP contribution in [0.15, 0.2) is 73.1 Å². The van der Waals surface area contributed by atoms with E-state index in [4.69, 9.17) is 4.74 Å². The Hall–Kier alpha value is -4.18. The van der Waals surface area contributed by atoms with E-state index >= 15 is 0 Å². The minimum atomic E-state index is -4.51. The molecule has 1 aliphatic rings. The zero-order chi connectivity index (χ0) is 27.4. The second-order valence-electron chi connectivity index (χ2n) is 9.47. The lowest BCUT2D eigenvalue weighted by Crippen LogP contribution is -2.21. The predicted octanol–water partition coefficient (Wildman–Crippen LogP) is 6.99. The van der Waals surface area contributed by atoms with E-state index in [1.165, 1.54) is 41.9 Å². The fourth-order valence-corrected chi connectivity index (χ4v) is 4.68. The van der Waals surface area contributed by atoms with Gasteiger partial charge < -0.3 is 15.0 Å². The molecule has 0 saturated carbocycles. The number of alkyl halides is 3. The van der Waals surface area contributed by atoms with Crippen molar-refractivity contribution in [1.29, 1.82) is 0 Å². The number of likely N-dealkylation sites (tertiary alicyclic amines) is 1. The van der Waals surface area contributed by atoms with E-state index in [2.05, 4.69) is 15.2 Å². The molecular weight excluding hydrogens is 509 g/mol. The maximum absolute atomic E-state index is 13.0. The number of nitrogens with zero attached hydrogens (tertiary/aromatic N) is 3. The molecule has 0 aliphatic carbocycles. The van der Waals surface area contributed by atoms with E-state index in [0.29, 0.717) is 34.5 Å². The van der Waals surface area contributed by atoms with Crippen molar-refractivity contribution >= 4 is 28.4 Å². The Morgan fingerprint density at radius 3 is 2.56 bits per heavy atom. The van der Waals surface area contributed by atoms with Crippen LogP contribution < -0.4 is 10.1 Å². The maximum Gasteiger partial charge on any atom is 0.416 e. The van der Waals surface area contributed by atoms with Crippen molar-refractivity contribution in [1.82, 2.24) is 14.5 Å². The summed E-state index contributed by atoms with van der Waals surface area (Å²) in [6.07, 6.45) is 2.22. The molecule has 2 aromatic heterocycles. The summed E-state index contributed by atoms with van der Waals surface area (Å²) in [7, 11) is 0. The molecule has 0 bridgehead atoms. The third-order valence-corrected chi connectivity index (χ3v) is 6.65. The van der Waals surface area contributed by atoms with Gasteiger partial charge in [0, 0.05) is 36.0 Å². The molecule has 10 heteroatoms. The van der Waals surface area contributed by atoms with E-state index in [1.54, 1.807) is 36.4 Å². The van der Waals surface area contributed by atoms with Gasteiger partial charge in [-0.3, -0.25) is 14.3 Å². The van der Waals surface area contributed by atoms with Crippen LogP contribution in [0.4, 0.5) is 23.7 Å². The Kier molecular flexibility index (Phi) is 7.65. The molecule has 0 spiro atoms. The summed E-state index contributed by atoms with van der Waals surface area (Å²) in [5.74, 6) is 0.935. The monoisotopic (exact) mass is 536 g/mol. The highest BCUT2D eigenvalue weighted by Gasteiger charge is 2.30. The lowest BCUT2D eigenvalue weighted by Gasteiger charge is -2.13. The number of benzene rings is 2. The number of ether oxygens (including phenoxy) is 1. The van der Waals surface area contributed by atoms with E-state index in [-0.39, 0.29) is 11.5 Å². The quantitative estimate of drug-likeness (QED) is 0.246. The minimum Gasteiger partial charge on any atom is -0.457 e. The number of carbonyl (C=O) groups is 2. The van der Waals surface area contributed by atoms with Crippen molar-refractivity contribution in [3.05, 3.63) is 84.3 Å². The maximum atomic E-state index is 13.0. The summed E-state index contributed by atoms with van der Waals surface area (Å²) in [6, 6.07) is 14.0. The van der Waals surface area contributed by atoms with Crippen molar-refractivity contribution in [2.75, 3.05) is 25.0 Å². The number of carbonyl (C=O) groups excluding carboxylic acids is 2. The molecule has 2 aromatic carbocycles. The van der Waals surface area contributed by atoms with Crippen LogP contribution in [0.3, 0.4) is 0 Å². The van der Waals surface area contributed by atoms with Crippen LogP contribution in [0.2, 0.25) is 0 Å². The highest BCUT2D eigenvalue weighted by atomic mass is 19.4. The summed E-state index contributed by atoms with van der Waals surface area (Å²) < 4.78 is 46.2. The van der Waals surface area contributed by atoms with Gasteiger partial charge in [-0.25, -0.2) is 4.79 Å². The van der Waals surface area contributed by atoms with Crippen molar-refractivity contribution in [3.63, 3.8) is 0 Å². The number of anilines is 1. The lowest BCUT2D eigenvalue weighted by molar-refractivity contribution is -0.137. The first-order valence-corrected chi connectivity index (χ1v) is 12.8. The standard InChI is InChI=1S/C29H27F3N4O3/c30-29(31,32)21-5-3-6-22(18-21)34-28(38)36-16-11-20-17-23(8-9-26(20)36)39-24-10-12-33-25(19-24)27(37)7-4-15-35-13-1-2-14-35/h3,5-6,8-12,16-19H,1-2,4,7,13-15H2,(H,34,38). The molecule has 202 valence electrons. The summed E-state index contributed by atoms with van der Waals surface area (Å²) in [5.41, 5.74) is 0.0982. The molecule has 0 radical (unpaired) electrons. The predicted molar refractivity (Wildman–Crippen MR) is 141 cm³/mol. The number of Topliss-reactive ketones (excluding diaryl/α,β-unsaturated/α-hetero) is 1. The molecule has 7 nitrogen and oxygen atoms in total. The summed E-state index contributed by atoms with van der Waals surface area (Å²) >= 11 is 0. The fraction of sp³-hybridized carbons (Fsp3) is 0.276. The average molecular weight is 537 g/mol. The Balaban J connectivity index is 1.23. The molecule has 4 aromatic rings. The number of aromatic nitrogens is 2. The summed E-state index contributed by atoms with van der Waals surface area (Å²) in [6.45, 7) is 3.12. The largest absolute Gasteiger partial charge is 0.457 e. The van der Waals surface area contributed by atoms with Gasteiger partial charge in [-0.05, 0) is 87.4 Å². The van der Waals surface area contributed by atoms with E-state index in [1.807, 2.05) is 0 Å². The highest BCUT2D eigenvalue weighted by Crippen LogP contribution is 2.31. The number of hydrogen-bond acceptors (Lipinski definition) is 5. The normalized spacial score (nSPS) is 14.0. The number of fused-ring (bicyclic) bond motifs is 1. The van der Waals surface area contributed by atoms with E-state index in [9.17, 15) is 22.8 Å². The van der Waals surface area contributed by atoms with Gasteiger partial charge in [0.1, 0.15) is 17.2 Å². The zero-order valence-electron chi connectivity index (χ0n) is 21.1. The average Bonchev–Trinajstić information content (AvgIpc) is 3.58. The highest BCUT2D eigenvalue weighted by molar-refractivity contribution is 5.99. The first-order valence-electron chi connectivity index (χ1n) is 12.8. The number of nitrogens with one attached hydrogen (secondary N) is 1. The van der Waals surface area contributed by atoms with Crippen molar-refractivity contribution in [2.45, 2.75) is 31.9 Å². The molecule has 1 saturated heterocycles. The molecule has 1 aliphatic heterocycles. The lowest BCUT2D eigenvalue weighted by atomic mass is 10.1. The molecule has 1 N–H and O–H groups in total. The molecule has 0 unspecified atom stereocenters. The first-order chi connectivity index (χ1) is 18.8. The number of ketones is 1. The first kappa shape index (κ1) is 26.4. The van der Waals surface area contributed by atoms with Crippen LogP contribution in [0.25, 0.3) is 10.9 Å². The van der Waals surface area contributed by atoms with Gasteiger partial charge in [-0.2, -0.15) is 13.2 Å². The van der Waals surface area contributed by atoms with Gasteiger partial charge in [-0.1, -0.05) is 6.07 Å². The topological polar surface area (TPSA) is 76.5 Å². The van der Waals surface area contributed by atoms with E-state index < -0.39 is 17.8 Å². The van der Waals surface area contributed by atoms with Gasteiger partial charge >= 0.3 is 12.2 Å². The van der Waals surface area contributed by atoms with Gasteiger partial charge in [-0.15, -0.1) is 0 Å². The van der Waals surface area contributed by atoms with Gasteiger partial charge in [0.15, 0.2) is 5.78 Å². The SMILES string of the molecule is O=C(CCCN1CCCC1)c1cc(Oc2ccc3c(ccn3C(=O)Nc3cccc(C(F)(F)F)c3)c2)ccn1. The Bertz CT molecular complexity index is 1490. The number of hydrogen-bond donors (Lipinski definition) is 1. The Labute approximate surface area is 223 Å². The van der Waals surface area contributed by atoms with Crippen LogP contribution in [0.1, 0.15) is 41.7 Å². The van der Waals surface area contributed by atoms with Crippen LogP contribution in [-0.4, -0.2) is 45.9 Å². The van der Waals surface area contributed by atoms with Crippen LogP contribution in [-0.2, 0) is 6.18 Å². The van der Waals surface area contributed by atoms with Crippen molar-refractivity contribution in [2.24, 2.45) is 0 Å². The molecule has 1 fully saturated rings. The van der Waals surface area contributed by atoms with Crippen LogP contribution in [0, 0.1) is 0 Å². The summed E-state index contributed by atoms with van der Waals surface area (Å²) in [4.78, 5) is 32.0. The molecule has 3 heterocycles. The van der Waals surface area contributed by atoms with Crippen molar-refractivity contribution in [3.8, 4) is 11.5 Å². The smallest absolute Gasteiger partial charge is 0.416 e. The Morgan fingerprint density at radius 1 is 0.974 bits per heavy atom. The van der Waals surface area contributed by atoms with Gasteiger partial charge in [0.2, 0.25) is 0 Å². The van der Waals surface area contributed by atoms with Crippen LogP contribution in [0.5, 0.6) is 11.5 Å². The third kappa shape index (κ3) is 6.46. The zero-order valence-corrected chi connectivity index (χ0v) is 21.1. The molecule has 5 rings (SSSR count). The second-order valence-corrected chi connectivity index (χ2v) is 9.47. The number of amides is 1. The third-order valence-electron chi connectivity index (χ3n) is 6.65. The van der Waals surface area contributed by atoms with Gasteiger partial charge in [0.05, 0.1) is 11.1 Å². The molecule has 39 heavy (non-hydrogen) atoms. The number of pyridine rings is 1. The molecule has 1 amide bonds. The number of rotatable bonds is 8.